The minimum Gasteiger partial charge on any atom is -0.369 e. The molecule has 168 valence electrons. The summed E-state index contributed by atoms with van der Waals surface area (Å²) in [5.41, 5.74) is 1.28. The van der Waals surface area contributed by atoms with Gasteiger partial charge >= 0.3 is 6.18 Å². The van der Waals surface area contributed by atoms with Gasteiger partial charge in [0.25, 0.3) is 5.91 Å². The van der Waals surface area contributed by atoms with Gasteiger partial charge in [0.2, 0.25) is 0 Å². The molecule has 4 nitrogen and oxygen atoms in total. The zero-order chi connectivity index (χ0) is 22.7. The lowest BCUT2D eigenvalue weighted by Crippen LogP contribution is -2.55. The van der Waals surface area contributed by atoms with Gasteiger partial charge in [-0.15, -0.1) is 6.42 Å². The molecule has 0 radical (unpaired) electrons. The highest BCUT2D eigenvalue weighted by atomic mass is 19.4. The van der Waals surface area contributed by atoms with Crippen LogP contribution in [0.3, 0.4) is 0 Å². The third-order valence-corrected chi connectivity index (χ3v) is 6.33. The van der Waals surface area contributed by atoms with Gasteiger partial charge in [0.15, 0.2) is 0 Å². The van der Waals surface area contributed by atoms with E-state index in [0.717, 1.165) is 38.5 Å². The van der Waals surface area contributed by atoms with Crippen molar-refractivity contribution in [1.82, 2.24) is 9.80 Å². The van der Waals surface area contributed by atoms with Crippen molar-refractivity contribution in [3.8, 4) is 12.3 Å². The van der Waals surface area contributed by atoms with Crippen LogP contribution < -0.4 is 4.90 Å². The van der Waals surface area contributed by atoms with Gasteiger partial charge in [-0.05, 0) is 49.2 Å². The first-order valence-electron chi connectivity index (χ1n) is 10.9. The quantitative estimate of drug-likeness (QED) is 0.671. The topological polar surface area (TPSA) is 26.8 Å². The maximum absolute atomic E-state index is 13.0. The molecular weight excluding hydrogens is 415 g/mol. The number of hydrogen-bond donors (Lipinski definition) is 0. The highest BCUT2D eigenvalue weighted by Crippen LogP contribution is 2.32. The van der Waals surface area contributed by atoms with Gasteiger partial charge < -0.3 is 9.80 Å². The Kier molecular flexibility index (Phi) is 6.43. The van der Waals surface area contributed by atoms with Crippen molar-refractivity contribution in [3.05, 3.63) is 65.2 Å². The highest BCUT2D eigenvalue weighted by Gasteiger charge is 2.33. The fourth-order valence-electron chi connectivity index (χ4n) is 4.59. The lowest BCUT2D eigenvalue weighted by Gasteiger charge is -2.44. The number of alkyl halides is 3. The molecule has 2 fully saturated rings. The summed E-state index contributed by atoms with van der Waals surface area (Å²) in [6.07, 6.45) is 3.06. The van der Waals surface area contributed by atoms with Crippen molar-refractivity contribution in [2.45, 2.75) is 25.1 Å². The number of carbonyl (C=O) groups excluding carboxylic acids is 1. The van der Waals surface area contributed by atoms with Crippen molar-refractivity contribution in [1.29, 1.82) is 0 Å². The molecule has 0 bridgehead atoms. The first-order chi connectivity index (χ1) is 15.3. The van der Waals surface area contributed by atoms with Crippen LogP contribution in [-0.4, -0.2) is 61.0 Å². The smallest absolute Gasteiger partial charge is 0.369 e. The SMILES string of the molecule is C#Cc1cccc(C(=O)N2CCC[C@H](N3CCN(c4cccc(C(F)(F)F)c4)CC3)C2)c1. The van der Waals surface area contributed by atoms with E-state index < -0.39 is 11.7 Å². The molecule has 0 N–H and O–H groups in total. The van der Waals surface area contributed by atoms with Crippen LogP contribution in [0.15, 0.2) is 48.5 Å². The Hall–Kier alpha value is -2.98. The summed E-state index contributed by atoms with van der Waals surface area (Å²) in [5.74, 6) is 2.56. The number of hydrogen-bond acceptors (Lipinski definition) is 3. The monoisotopic (exact) mass is 441 g/mol. The standard InChI is InChI=1S/C25H26F3N3O/c1-2-19-6-3-7-20(16-19)24(32)31-11-5-10-23(18-31)30-14-12-29(13-15-30)22-9-4-8-21(17-22)25(26,27)28/h1,3-4,6-9,16-17,23H,5,10-15,18H2/t23-/m0/s1. The van der Waals surface area contributed by atoms with E-state index in [4.69, 9.17) is 6.42 Å². The number of amides is 1. The van der Waals surface area contributed by atoms with E-state index in [0.29, 0.717) is 36.4 Å². The maximum atomic E-state index is 13.0. The van der Waals surface area contributed by atoms with Crippen molar-refractivity contribution in [3.63, 3.8) is 0 Å². The van der Waals surface area contributed by atoms with Crippen molar-refractivity contribution in [2.24, 2.45) is 0 Å². The predicted octanol–water partition coefficient (Wildman–Crippen LogP) is 4.11. The van der Waals surface area contributed by atoms with Crippen LogP contribution in [-0.2, 0) is 6.18 Å². The van der Waals surface area contributed by atoms with Crippen LogP contribution in [0.1, 0.15) is 34.3 Å². The Labute approximate surface area is 186 Å². The Bertz CT molecular complexity index is 1010. The minimum atomic E-state index is -4.34. The molecule has 2 heterocycles. The zero-order valence-corrected chi connectivity index (χ0v) is 17.8. The number of carbonyl (C=O) groups is 1. The van der Waals surface area contributed by atoms with Crippen LogP contribution in [0.4, 0.5) is 18.9 Å². The fraction of sp³-hybridized carbons (Fsp3) is 0.400. The second-order valence-corrected chi connectivity index (χ2v) is 8.34. The molecule has 0 aliphatic carbocycles. The van der Waals surface area contributed by atoms with Gasteiger partial charge in [0.05, 0.1) is 5.56 Å². The number of anilines is 1. The van der Waals surface area contributed by atoms with E-state index in [1.807, 2.05) is 9.80 Å². The van der Waals surface area contributed by atoms with E-state index >= 15 is 0 Å². The second kappa shape index (κ2) is 9.25. The first-order valence-corrected chi connectivity index (χ1v) is 10.9. The summed E-state index contributed by atoms with van der Waals surface area (Å²) in [5, 5.41) is 0. The normalized spacial score (nSPS) is 20.1. The number of piperidine rings is 1. The first kappa shape index (κ1) is 22.2. The summed E-state index contributed by atoms with van der Waals surface area (Å²) < 4.78 is 39.1. The lowest BCUT2D eigenvalue weighted by atomic mass is 10.0. The molecule has 2 aliphatic rings. The maximum Gasteiger partial charge on any atom is 0.416 e. The summed E-state index contributed by atoms with van der Waals surface area (Å²) in [6, 6.07) is 12.9. The molecule has 0 spiro atoms. The number of nitrogens with zero attached hydrogens (tertiary/aromatic N) is 3. The van der Waals surface area contributed by atoms with Crippen LogP contribution in [0.2, 0.25) is 0 Å². The van der Waals surface area contributed by atoms with Gasteiger partial charge in [-0.1, -0.05) is 18.1 Å². The number of piperazine rings is 1. The molecule has 1 amide bonds. The van der Waals surface area contributed by atoms with E-state index in [-0.39, 0.29) is 11.9 Å². The predicted molar refractivity (Wildman–Crippen MR) is 119 cm³/mol. The number of rotatable bonds is 3. The fourth-order valence-corrected chi connectivity index (χ4v) is 4.59. The van der Waals surface area contributed by atoms with Gasteiger partial charge in [0.1, 0.15) is 0 Å². The molecular formula is C25H26F3N3O. The van der Waals surface area contributed by atoms with E-state index in [1.54, 1.807) is 30.3 Å². The summed E-state index contributed by atoms with van der Waals surface area (Å²) >= 11 is 0. The molecule has 2 aromatic carbocycles. The van der Waals surface area contributed by atoms with E-state index in [9.17, 15) is 18.0 Å². The van der Waals surface area contributed by atoms with Gasteiger partial charge in [-0.3, -0.25) is 9.69 Å². The Morgan fingerprint density at radius 3 is 2.47 bits per heavy atom. The number of terminal acetylenes is 1. The summed E-state index contributed by atoms with van der Waals surface area (Å²) in [4.78, 5) is 19.2. The average Bonchev–Trinajstić information content (AvgIpc) is 2.83. The Morgan fingerprint density at radius 1 is 1.00 bits per heavy atom. The summed E-state index contributed by atoms with van der Waals surface area (Å²) in [7, 11) is 0. The number of benzene rings is 2. The van der Waals surface area contributed by atoms with Gasteiger partial charge in [-0.25, -0.2) is 0 Å². The third kappa shape index (κ3) is 4.91. The van der Waals surface area contributed by atoms with Crippen molar-refractivity contribution < 1.29 is 18.0 Å². The van der Waals surface area contributed by atoms with Crippen LogP contribution in [0, 0.1) is 12.3 Å². The highest BCUT2D eigenvalue weighted by molar-refractivity contribution is 5.94. The second-order valence-electron chi connectivity index (χ2n) is 8.34. The number of halogens is 3. The third-order valence-electron chi connectivity index (χ3n) is 6.33. The largest absolute Gasteiger partial charge is 0.416 e. The molecule has 0 aromatic heterocycles. The van der Waals surface area contributed by atoms with Gasteiger partial charge in [0, 0.05) is 62.1 Å². The molecule has 1 atom stereocenters. The van der Waals surface area contributed by atoms with Gasteiger partial charge in [-0.2, -0.15) is 13.2 Å². The summed E-state index contributed by atoms with van der Waals surface area (Å²) in [6.45, 7) is 4.22. The molecule has 2 aliphatic heterocycles. The Morgan fingerprint density at radius 2 is 1.75 bits per heavy atom. The molecule has 2 aromatic rings. The van der Waals surface area contributed by atoms with E-state index in [1.165, 1.54) is 12.1 Å². The molecule has 0 saturated carbocycles. The average molecular weight is 441 g/mol. The van der Waals surface area contributed by atoms with Crippen molar-refractivity contribution in [2.75, 3.05) is 44.2 Å². The van der Waals surface area contributed by atoms with Crippen LogP contribution >= 0.6 is 0 Å². The van der Waals surface area contributed by atoms with Crippen LogP contribution in [0.25, 0.3) is 0 Å². The van der Waals surface area contributed by atoms with Crippen molar-refractivity contribution >= 4 is 11.6 Å². The molecule has 7 heteroatoms. The Balaban J connectivity index is 1.37. The van der Waals surface area contributed by atoms with Crippen LogP contribution in [0.5, 0.6) is 0 Å². The number of likely N-dealkylation sites (tertiary alicyclic amines) is 1. The lowest BCUT2D eigenvalue weighted by molar-refractivity contribution is -0.137. The molecule has 32 heavy (non-hydrogen) atoms. The minimum absolute atomic E-state index is 0.00518. The molecule has 2 saturated heterocycles. The van der Waals surface area contributed by atoms with E-state index in [2.05, 4.69) is 10.8 Å². The zero-order valence-electron chi connectivity index (χ0n) is 17.8. The molecule has 0 unspecified atom stereocenters. The molecule has 4 rings (SSSR count).